The van der Waals surface area contributed by atoms with Crippen LogP contribution in [0.25, 0.3) is 0 Å². The molecule has 0 atom stereocenters. The van der Waals surface area contributed by atoms with Gasteiger partial charge in [0.05, 0.1) is 12.7 Å². The maximum Gasteiger partial charge on any atom is 0.356 e. The smallest absolute Gasteiger partial charge is 0.356 e. The summed E-state index contributed by atoms with van der Waals surface area (Å²) in [5, 5.41) is 11.1. The van der Waals surface area contributed by atoms with Gasteiger partial charge in [0.1, 0.15) is 11.4 Å². The Morgan fingerprint density at radius 2 is 1.88 bits per heavy atom. The van der Waals surface area contributed by atoms with E-state index < -0.39 is 17.8 Å². The van der Waals surface area contributed by atoms with E-state index in [4.69, 9.17) is 5.11 Å². The highest BCUT2D eigenvalue weighted by molar-refractivity contribution is 5.98. The van der Waals surface area contributed by atoms with Crippen molar-refractivity contribution in [1.29, 1.82) is 0 Å². The van der Waals surface area contributed by atoms with Crippen LogP contribution < -0.4 is 5.32 Å². The van der Waals surface area contributed by atoms with E-state index in [-0.39, 0.29) is 17.0 Å². The second-order valence-corrected chi connectivity index (χ2v) is 3.00. The average Bonchev–Trinajstić information content (AvgIpc) is 2.36. The molecule has 0 aliphatic rings. The van der Waals surface area contributed by atoms with Gasteiger partial charge in [0, 0.05) is 7.05 Å². The molecule has 1 aromatic heterocycles. The zero-order chi connectivity index (χ0) is 13.0. The highest BCUT2D eigenvalue weighted by atomic mass is 16.5. The zero-order valence-corrected chi connectivity index (χ0v) is 9.18. The predicted molar refractivity (Wildman–Crippen MR) is 55.9 cm³/mol. The second-order valence-electron chi connectivity index (χ2n) is 3.00. The molecule has 0 aliphatic heterocycles. The lowest BCUT2D eigenvalue weighted by molar-refractivity contribution is 0.0594. The number of nitrogens with one attached hydrogen (secondary N) is 1. The molecule has 0 radical (unpaired) electrons. The highest BCUT2D eigenvalue weighted by Gasteiger charge is 2.17. The van der Waals surface area contributed by atoms with Crippen molar-refractivity contribution in [3.63, 3.8) is 0 Å². The number of rotatable bonds is 3. The number of carbonyl (C=O) groups excluding carboxylic acids is 2. The van der Waals surface area contributed by atoms with Crippen molar-refractivity contribution < 1.29 is 24.2 Å². The van der Waals surface area contributed by atoms with Crippen molar-refractivity contribution in [1.82, 2.24) is 10.3 Å². The summed E-state index contributed by atoms with van der Waals surface area (Å²) in [7, 11) is 2.51. The van der Waals surface area contributed by atoms with Gasteiger partial charge in [-0.05, 0) is 12.1 Å². The number of hydrogen-bond acceptors (Lipinski definition) is 5. The Balaban J connectivity index is 3.33. The van der Waals surface area contributed by atoms with E-state index in [0.29, 0.717) is 0 Å². The lowest BCUT2D eigenvalue weighted by Gasteiger charge is -2.04. The van der Waals surface area contributed by atoms with Gasteiger partial charge in [0.2, 0.25) is 0 Å². The fourth-order valence-electron chi connectivity index (χ4n) is 1.11. The third kappa shape index (κ3) is 2.77. The molecule has 1 aromatic rings. The third-order valence-corrected chi connectivity index (χ3v) is 1.93. The number of carboxylic acid groups (broad SMARTS) is 1. The summed E-state index contributed by atoms with van der Waals surface area (Å²) in [6.07, 6.45) is 0. The number of methoxy groups -OCH3 is 1. The van der Waals surface area contributed by atoms with Crippen LogP contribution in [0.4, 0.5) is 0 Å². The van der Waals surface area contributed by atoms with Crippen LogP contribution in [0.15, 0.2) is 12.1 Å². The van der Waals surface area contributed by atoms with Crippen molar-refractivity contribution in [3.05, 3.63) is 29.1 Å². The molecule has 0 spiro atoms. The van der Waals surface area contributed by atoms with Crippen molar-refractivity contribution in [2.45, 2.75) is 0 Å². The van der Waals surface area contributed by atoms with Gasteiger partial charge < -0.3 is 15.2 Å². The molecule has 0 bridgehead atoms. The first-order valence-electron chi connectivity index (χ1n) is 4.55. The maximum atomic E-state index is 11.3. The van der Waals surface area contributed by atoms with Gasteiger partial charge in [0.25, 0.3) is 5.91 Å². The molecule has 1 heterocycles. The highest BCUT2D eigenvalue weighted by Crippen LogP contribution is 2.08. The van der Waals surface area contributed by atoms with Crippen LogP contribution in [0, 0.1) is 0 Å². The minimum absolute atomic E-state index is 0.159. The summed E-state index contributed by atoms with van der Waals surface area (Å²) in [5.74, 6) is -2.65. The Morgan fingerprint density at radius 1 is 1.29 bits per heavy atom. The van der Waals surface area contributed by atoms with Crippen molar-refractivity contribution in [2.24, 2.45) is 0 Å². The Labute approximate surface area is 96.4 Å². The molecule has 0 unspecified atom stereocenters. The monoisotopic (exact) mass is 238 g/mol. The minimum Gasteiger partial charge on any atom is -0.478 e. The normalized spacial score (nSPS) is 9.53. The Hall–Kier alpha value is -2.44. The van der Waals surface area contributed by atoms with Gasteiger partial charge in [-0.2, -0.15) is 0 Å². The minimum atomic E-state index is -1.26. The lowest BCUT2D eigenvalue weighted by Crippen LogP contribution is -2.21. The summed E-state index contributed by atoms with van der Waals surface area (Å²) in [6, 6.07) is 2.12. The molecular formula is C10H10N2O5. The summed E-state index contributed by atoms with van der Waals surface area (Å²) in [6.45, 7) is 0. The van der Waals surface area contributed by atoms with Crippen LogP contribution >= 0.6 is 0 Å². The van der Waals surface area contributed by atoms with Gasteiger partial charge >= 0.3 is 11.9 Å². The molecular weight excluding hydrogens is 228 g/mol. The molecule has 0 saturated carbocycles. The van der Waals surface area contributed by atoms with E-state index >= 15 is 0 Å². The van der Waals surface area contributed by atoms with Crippen LogP contribution in [0.2, 0.25) is 0 Å². The average molecular weight is 238 g/mol. The van der Waals surface area contributed by atoms with Crippen LogP contribution in [0.1, 0.15) is 31.3 Å². The van der Waals surface area contributed by atoms with Gasteiger partial charge in [-0.1, -0.05) is 0 Å². The molecule has 90 valence electrons. The van der Waals surface area contributed by atoms with E-state index in [0.717, 1.165) is 19.2 Å². The Kier molecular flexibility index (Phi) is 3.76. The number of aromatic carboxylic acids is 1. The molecule has 0 aromatic carbocycles. The molecule has 0 aliphatic carbocycles. The summed E-state index contributed by atoms with van der Waals surface area (Å²) in [4.78, 5) is 37.1. The zero-order valence-electron chi connectivity index (χ0n) is 9.18. The Morgan fingerprint density at radius 3 is 2.35 bits per heavy atom. The molecule has 0 fully saturated rings. The first-order valence-corrected chi connectivity index (χ1v) is 4.55. The van der Waals surface area contributed by atoms with Crippen LogP contribution in [0.3, 0.4) is 0 Å². The molecule has 1 rings (SSSR count). The molecule has 0 saturated heterocycles. The van der Waals surface area contributed by atoms with Crippen LogP contribution in [-0.4, -0.2) is 42.1 Å². The number of esters is 1. The summed E-state index contributed by atoms with van der Waals surface area (Å²) < 4.78 is 4.41. The quantitative estimate of drug-likeness (QED) is 0.714. The van der Waals surface area contributed by atoms with E-state index in [1.165, 1.54) is 7.05 Å². The number of hydrogen-bond donors (Lipinski definition) is 2. The van der Waals surface area contributed by atoms with E-state index in [2.05, 4.69) is 15.0 Å². The number of carboxylic acids is 1. The topological polar surface area (TPSA) is 106 Å². The number of carbonyl (C=O) groups is 3. The molecule has 7 nitrogen and oxygen atoms in total. The molecule has 2 N–H and O–H groups in total. The lowest BCUT2D eigenvalue weighted by atomic mass is 10.2. The largest absolute Gasteiger partial charge is 0.478 e. The summed E-state index contributed by atoms with van der Waals surface area (Å²) >= 11 is 0. The van der Waals surface area contributed by atoms with Crippen molar-refractivity contribution in [3.8, 4) is 0 Å². The number of aromatic nitrogens is 1. The predicted octanol–water partition coefficient (Wildman–Crippen LogP) is -0.0740. The van der Waals surface area contributed by atoms with E-state index in [1.807, 2.05) is 0 Å². The fraction of sp³-hybridized carbons (Fsp3) is 0.200. The van der Waals surface area contributed by atoms with Crippen LogP contribution in [0.5, 0.6) is 0 Å². The van der Waals surface area contributed by atoms with E-state index in [1.54, 1.807) is 0 Å². The molecule has 1 amide bonds. The van der Waals surface area contributed by atoms with Crippen LogP contribution in [-0.2, 0) is 4.74 Å². The van der Waals surface area contributed by atoms with E-state index in [9.17, 15) is 14.4 Å². The maximum absolute atomic E-state index is 11.3. The van der Waals surface area contributed by atoms with Gasteiger partial charge in [0.15, 0.2) is 0 Å². The number of pyridine rings is 1. The number of ether oxygens (including phenoxy) is 1. The third-order valence-electron chi connectivity index (χ3n) is 1.93. The SMILES string of the molecule is CNC(=O)c1cc(C(=O)O)cc(C(=O)OC)n1. The standard InChI is InChI=1S/C10H10N2O5/c1-11-8(13)6-3-5(9(14)15)4-7(12-6)10(16)17-2/h3-4H,1-2H3,(H,11,13)(H,14,15). The van der Waals surface area contributed by atoms with Gasteiger partial charge in [-0.25, -0.2) is 14.6 Å². The number of amides is 1. The first kappa shape index (κ1) is 12.6. The molecule has 7 heteroatoms. The first-order chi connectivity index (χ1) is 7.99. The van der Waals surface area contributed by atoms with Crippen molar-refractivity contribution in [2.75, 3.05) is 14.2 Å². The van der Waals surface area contributed by atoms with Gasteiger partial charge in [-0.15, -0.1) is 0 Å². The second kappa shape index (κ2) is 5.06. The van der Waals surface area contributed by atoms with Crippen molar-refractivity contribution >= 4 is 17.8 Å². The summed E-state index contributed by atoms with van der Waals surface area (Å²) in [5.41, 5.74) is -0.599. The van der Waals surface area contributed by atoms with Gasteiger partial charge in [-0.3, -0.25) is 4.79 Å². The Bertz CT molecular complexity index is 449. The number of nitrogens with zero attached hydrogens (tertiary/aromatic N) is 1. The fourth-order valence-corrected chi connectivity index (χ4v) is 1.11. The molecule has 17 heavy (non-hydrogen) atoms.